The highest BCUT2D eigenvalue weighted by Crippen LogP contribution is 2.26. The summed E-state index contributed by atoms with van der Waals surface area (Å²) in [5.74, 6) is 1.75. The molecule has 1 aliphatic carbocycles. The number of hydrogen-bond acceptors (Lipinski definition) is 2. The number of piperidine rings is 1. The summed E-state index contributed by atoms with van der Waals surface area (Å²) in [7, 11) is 2.27. The van der Waals surface area contributed by atoms with Gasteiger partial charge < -0.3 is 10.2 Å². The van der Waals surface area contributed by atoms with Gasteiger partial charge in [0.05, 0.1) is 0 Å². The van der Waals surface area contributed by atoms with Crippen molar-refractivity contribution in [1.29, 1.82) is 0 Å². The van der Waals surface area contributed by atoms with Crippen LogP contribution in [0.2, 0.25) is 0 Å². The first kappa shape index (κ1) is 14.3. The zero-order valence-electron chi connectivity index (χ0n) is 12.8. The van der Waals surface area contributed by atoms with Gasteiger partial charge in [-0.05, 0) is 51.5 Å². The van der Waals surface area contributed by atoms with Crippen molar-refractivity contribution in [2.24, 2.45) is 11.8 Å². The minimum absolute atomic E-state index is 0.739. The normalized spacial score (nSPS) is 43.7. The third kappa shape index (κ3) is 3.71. The number of nitrogens with one attached hydrogen (secondary N) is 1. The van der Waals surface area contributed by atoms with Gasteiger partial charge in [0.2, 0.25) is 0 Å². The van der Waals surface area contributed by atoms with Gasteiger partial charge in [0, 0.05) is 24.7 Å². The predicted octanol–water partition coefficient (Wildman–Crippen LogP) is 3.27. The van der Waals surface area contributed by atoms with Crippen LogP contribution in [0.25, 0.3) is 0 Å². The molecule has 5 atom stereocenters. The lowest BCUT2D eigenvalue weighted by Gasteiger charge is -2.41. The van der Waals surface area contributed by atoms with Crippen molar-refractivity contribution in [3.8, 4) is 0 Å². The second-order valence-electron chi connectivity index (χ2n) is 7.09. The summed E-state index contributed by atoms with van der Waals surface area (Å²) in [6, 6.07) is 2.27. The molecular formula is C16H32N2. The third-order valence-corrected chi connectivity index (χ3v) is 5.32. The summed E-state index contributed by atoms with van der Waals surface area (Å²) in [5, 5.41) is 3.99. The number of nitrogens with zero attached hydrogens (tertiary/aromatic N) is 1. The Balaban J connectivity index is 1.84. The summed E-state index contributed by atoms with van der Waals surface area (Å²) in [6.45, 7) is 8.46. The molecule has 1 aliphatic heterocycles. The molecular weight excluding hydrogens is 220 g/mol. The van der Waals surface area contributed by atoms with E-state index in [1.54, 1.807) is 0 Å². The fourth-order valence-corrected chi connectivity index (χ4v) is 3.73. The van der Waals surface area contributed by atoms with E-state index >= 15 is 0 Å². The van der Waals surface area contributed by atoms with Gasteiger partial charge in [-0.3, -0.25) is 0 Å². The van der Waals surface area contributed by atoms with Crippen LogP contribution in [0, 0.1) is 11.8 Å². The second kappa shape index (κ2) is 6.38. The quantitative estimate of drug-likeness (QED) is 0.759. The number of hydrogen-bond donors (Lipinski definition) is 1. The molecule has 5 unspecified atom stereocenters. The lowest BCUT2D eigenvalue weighted by Crippen LogP contribution is -2.53. The van der Waals surface area contributed by atoms with Gasteiger partial charge in [-0.25, -0.2) is 0 Å². The van der Waals surface area contributed by atoms with Gasteiger partial charge in [0.15, 0.2) is 0 Å². The van der Waals surface area contributed by atoms with E-state index in [9.17, 15) is 0 Å². The second-order valence-corrected chi connectivity index (χ2v) is 7.09. The monoisotopic (exact) mass is 252 g/mol. The van der Waals surface area contributed by atoms with Crippen LogP contribution in [-0.4, -0.2) is 36.6 Å². The van der Waals surface area contributed by atoms with Crippen LogP contribution in [0.15, 0.2) is 0 Å². The van der Waals surface area contributed by atoms with E-state index in [2.05, 4.69) is 38.0 Å². The highest BCUT2D eigenvalue weighted by molar-refractivity contribution is 4.88. The van der Waals surface area contributed by atoms with Crippen LogP contribution in [-0.2, 0) is 0 Å². The van der Waals surface area contributed by atoms with E-state index < -0.39 is 0 Å². The maximum Gasteiger partial charge on any atom is 0.0122 e. The molecule has 106 valence electrons. The first-order chi connectivity index (χ1) is 8.56. The molecule has 2 fully saturated rings. The predicted molar refractivity (Wildman–Crippen MR) is 78.8 cm³/mol. The molecule has 0 aromatic heterocycles. The van der Waals surface area contributed by atoms with Gasteiger partial charge in [-0.15, -0.1) is 0 Å². The van der Waals surface area contributed by atoms with Gasteiger partial charge in [-0.2, -0.15) is 0 Å². The SMILES string of the molecule is CC1CCCC(NC2CC(C)N(C)CC2C)CC1. The minimum Gasteiger partial charge on any atom is -0.311 e. The van der Waals surface area contributed by atoms with Crippen LogP contribution in [0.4, 0.5) is 0 Å². The first-order valence-corrected chi connectivity index (χ1v) is 8.02. The molecule has 1 heterocycles. The first-order valence-electron chi connectivity index (χ1n) is 8.02. The van der Waals surface area contributed by atoms with Gasteiger partial charge in [-0.1, -0.05) is 26.7 Å². The molecule has 0 aromatic carbocycles. The van der Waals surface area contributed by atoms with E-state index in [1.165, 1.54) is 45.1 Å². The Labute approximate surface area is 114 Å². The van der Waals surface area contributed by atoms with E-state index in [-0.39, 0.29) is 0 Å². The van der Waals surface area contributed by atoms with Crippen molar-refractivity contribution >= 4 is 0 Å². The highest BCUT2D eigenvalue weighted by atomic mass is 15.2. The minimum atomic E-state index is 0.739. The fraction of sp³-hybridized carbons (Fsp3) is 1.00. The Morgan fingerprint density at radius 1 is 1.00 bits per heavy atom. The molecule has 2 nitrogen and oxygen atoms in total. The van der Waals surface area contributed by atoms with E-state index in [4.69, 9.17) is 0 Å². The summed E-state index contributed by atoms with van der Waals surface area (Å²) >= 11 is 0. The summed E-state index contributed by atoms with van der Waals surface area (Å²) < 4.78 is 0. The average Bonchev–Trinajstić information content (AvgIpc) is 2.51. The van der Waals surface area contributed by atoms with Crippen molar-refractivity contribution in [1.82, 2.24) is 10.2 Å². The smallest absolute Gasteiger partial charge is 0.0122 e. The Kier molecular flexibility index (Phi) is 5.08. The van der Waals surface area contributed by atoms with Gasteiger partial charge in [0.1, 0.15) is 0 Å². The standard InChI is InChI=1S/C16H32N2/c1-12-6-5-7-15(9-8-12)17-16-10-14(3)18(4)11-13(16)2/h12-17H,5-11H2,1-4H3. The zero-order valence-corrected chi connectivity index (χ0v) is 12.8. The molecule has 2 aliphatic rings. The van der Waals surface area contributed by atoms with Crippen molar-refractivity contribution in [3.63, 3.8) is 0 Å². The molecule has 1 saturated heterocycles. The summed E-state index contributed by atoms with van der Waals surface area (Å²) in [4.78, 5) is 2.51. The van der Waals surface area contributed by atoms with Crippen LogP contribution in [0.3, 0.4) is 0 Å². The number of likely N-dealkylation sites (tertiary alicyclic amines) is 1. The van der Waals surface area contributed by atoms with E-state index in [0.717, 1.165) is 30.0 Å². The summed E-state index contributed by atoms with van der Waals surface area (Å²) in [5.41, 5.74) is 0. The number of rotatable bonds is 2. The zero-order chi connectivity index (χ0) is 13.1. The lowest BCUT2D eigenvalue weighted by molar-refractivity contribution is 0.114. The third-order valence-electron chi connectivity index (χ3n) is 5.32. The fourth-order valence-electron chi connectivity index (χ4n) is 3.73. The van der Waals surface area contributed by atoms with E-state index in [1.807, 2.05) is 0 Å². The molecule has 0 radical (unpaired) electrons. The highest BCUT2D eigenvalue weighted by Gasteiger charge is 2.30. The molecule has 0 bridgehead atoms. The van der Waals surface area contributed by atoms with E-state index in [0.29, 0.717) is 0 Å². The summed E-state index contributed by atoms with van der Waals surface area (Å²) in [6.07, 6.45) is 8.41. The molecule has 0 amide bonds. The van der Waals surface area contributed by atoms with Crippen LogP contribution in [0.5, 0.6) is 0 Å². The Morgan fingerprint density at radius 2 is 1.78 bits per heavy atom. The maximum atomic E-state index is 3.99. The van der Waals surface area contributed by atoms with Crippen molar-refractivity contribution in [3.05, 3.63) is 0 Å². The Morgan fingerprint density at radius 3 is 2.56 bits per heavy atom. The molecule has 18 heavy (non-hydrogen) atoms. The maximum absolute atomic E-state index is 3.99. The Hall–Kier alpha value is -0.0800. The Bertz CT molecular complexity index is 253. The van der Waals surface area contributed by atoms with Crippen molar-refractivity contribution in [2.75, 3.05) is 13.6 Å². The molecule has 0 aromatic rings. The van der Waals surface area contributed by atoms with Crippen LogP contribution >= 0.6 is 0 Å². The van der Waals surface area contributed by atoms with Crippen molar-refractivity contribution < 1.29 is 0 Å². The molecule has 2 rings (SSSR count). The molecule has 1 saturated carbocycles. The van der Waals surface area contributed by atoms with Crippen molar-refractivity contribution in [2.45, 2.75) is 77.4 Å². The van der Waals surface area contributed by atoms with Gasteiger partial charge in [0.25, 0.3) is 0 Å². The van der Waals surface area contributed by atoms with Crippen LogP contribution < -0.4 is 5.32 Å². The van der Waals surface area contributed by atoms with Gasteiger partial charge >= 0.3 is 0 Å². The molecule has 2 heteroatoms. The van der Waals surface area contributed by atoms with Crippen LogP contribution in [0.1, 0.15) is 59.3 Å². The largest absolute Gasteiger partial charge is 0.311 e. The average molecular weight is 252 g/mol. The lowest BCUT2D eigenvalue weighted by atomic mass is 9.88. The molecule has 1 N–H and O–H groups in total. The molecule has 0 spiro atoms. The topological polar surface area (TPSA) is 15.3 Å².